The van der Waals surface area contributed by atoms with Crippen LogP contribution in [-0.4, -0.2) is 12.1 Å². The highest BCUT2D eigenvalue weighted by molar-refractivity contribution is 6.33. The summed E-state index contributed by atoms with van der Waals surface area (Å²) >= 11 is 6.10. The van der Waals surface area contributed by atoms with Crippen LogP contribution >= 0.6 is 11.6 Å². The number of halogens is 1. The molecule has 146 valence electrons. The number of rotatable bonds is 4. The van der Waals surface area contributed by atoms with Crippen molar-refractivity contribution in [3.8, 4) is 0 Å². The van der Waals surface area contributed by atoms with E-state index in [2.05, 4.69) is 41.4 Å². The van der Waals surface area contributed by atoms with Crippen molar-refractivity contribution in [3.05, 3.63) is 99.1 Å². The van der Waals surface area contributed by atoms with Gasteiger partial charge < -0.3 is 4.90 Å². The van der Waals surface area contributed by atoms with E-state index in [1.165, 1.54) is 22.3 Å². The monoisotopic (exact) mass is 403 g/mol. The van der Waals surface area contributed by atoms with Gasteiger partial charge in [0.25, 0.3) is 5.91 Å². The normalized spacial score (nSPS) is 13.0. The van der Waals surface area contributed by atoms with Gasteiger partial charge in [-0.25, -0.2) is 5.43 Å². The molecule has 1 heterocycles. The SMILES string of the molecule is Cc1cc2c(cc1C)CN(c1cccc(C(=O)N/N=C\c3ccccc3Cl)c1)C2. The summed E-state index contributed by atoms with van der Waals surface area (Å²) in [5, 5.41) is 4.62. The molecule has 1 N–H and O–H groups in total. The molecule has 0 fully saturated rings. The van der Waals surface area contributed by atoms with Gasteiger partial charge in [0.05, 0.1) is 6.21 Å². The largest absolute Gasteiger partial charge is 0.363 e. The van der Waals surface area contributed by atoms with Crippen LogP contribution in [0, 0.1) is 13.8 Å². The van der Waals surface area contributed by atoms with Crippen molar-refractivity contribution >= 4 is 29.4 Å². The Hall–Kier alpha value is -3.11. The van der Waals surface area contributed by atoms with E-state index in [1.54, 1.807) is 18.3 Å². The summed E-state index contributed by atoms with van der Waals surface area (Å²) in [6.07, 6.45) is 1.55. The molecule has 4 nitrogen and oxygen atoms in total. The lowest BCUT2D eigenvalue weighted by Crippen LogP contribution is -2.19. The molecule has 1 aliphatic rings. The summed E-state index contributed by atoms with van der Waals surface area (Å²) in [4.78, 5) is 14.8. The molecule has 0 aromatic heterocycles. The van der Waals surface area contributed by atoms with Crippen molar-refractivity contribution in [3.63, 3.8) is 0 Å². The van der Waals surface area contributed by atoms with Crippen LogP contribution in [0.25, 0.3) is 0 Å². The maximum atomic E-state index is 12.5. The molecule has 5 heteroatoms. The number of hydrogen-bond acceptors (Lipinski definition) is 3. The van der Waals surface area contributed by atoms with Crippen LogP contribution in [0.1, 0.15) is 38.2 Å². The molecular formula is C24H22ClN3O. The van der Waals surface area contributed by atoms with Crippen LogP contribution in [0.5, 0.6) is 0 Å². The minimum Gasteiger partial charge on any atom is -0.363 e. The summed E-state index contributed by atoms with van der Waals surface area (Å²) in [5.74, 6) is -0.251. The van der Waals surface area contributed by atoms with Gasteiger partial charge in [0, 0.05) is 34.9 Å². The Kier molecular flexibility index (Phi) is 5.36. The Balaban J connectivity index is 1.46. The zero-order valence-corrected chi connectivity index (χ0v) is 17.2. The lowest BCUT2D eigenvalue weighted by molar-refractivity contribution is 0.0955. The fourth-order valence-electron chi connectivity index (χ4n) is 3.53. The summed E-state index contributed by atoms with van der Waals surface area (Å²) in [6, 6.07) is 19.5. The maximum Gasteiger partial charge on any atom is 0.271 e. The van der Waals surface area contributed by atoms with Crippen LogP contribution in [0.2, 0.25) is 5.02 Å². The second-order valence-corrected chi connectivity index (χ2v) is 7.74. The topological polar surface area (TPSA) is 44.7 Å². The zero-order chi connectivity index (χ0) is 20.4. The molecule has 29 heavy (non-hydrogen) atoms. The number of hydrogen-bond donors (Lipinski definition) is 1. The number of amides is 1. The highest BCUT2D eigenvalue weighted by atomic mass is 35.5. The second kappa shape index (κ2) is 8.10. The van der Waals surface area contributed by atoms with Crippen molar-refractivity contribution in [1.82, 2.24) is 5.43 Å². The smallest absolute Gasteiger partial charge is 0.271 e. The van der Waals surface area contributed by atoms with Gasteiger partial charge in [-0.15, -0.1) is 0 Å². The quantitative estimate of drug-likeness (QED) is 0.478. The first-order chi connectivity index (χ1) is 14.0. The van der Waals surface area contributed by atoms with Gasteiger partial charge in [0.2, 0.25) is 0 Å². The van der Waals surface area contributed by atoms with Crippen molar-refractivity contribution in [2.45, 2.75) is 26.9 Å². The fourth-order valence-corrected chi connectivity index (χ4v) is 3.71. The third kappa shape index (κ3) is 4.17. The second-order valence-electron chi connectivity index (χ2n) is 7.33. The first-order valence-corrected chi connectivity index (χ1v) is 9.91. The number of nitrogens with zero attached hydrogens (tertiary/aromatic N) is 2. The van der Waals surface area contributed by atoms with E-state index < -0.39 is 0 Å². The summed E-state index contributed by atoms with van der Waals surface area (Å²) in [5.41, 5.74) is 10.3. The number of hydrazone groups is 1. The molecule has 0 radical (unpaired) electrons. The summed E-state index contributed by atoms with van der Waals surface area (Å²) < 4.78 is 0. The fraction of sp³-hybridized carbons (Fsp3) is 0.167. The van der Waals surface area contributed by atoms with Crippen LogP contribution in [0.15, 0.2) is 65.8 Å². The van der Waals surface area contributed by atoms with Gasteiger partial charge in [-0.1, -0.05) is 48.0 Å². The highest BCUT2D eigenvalue weighted by Gasteiger charge is 2.20. The number of nitrogens with one attached hydrogen (secondary N) is 1. The molecule has 3 aromatic rings. The number of carbonyl (C=O) groups is 1. The van der Waals surface area contributed by atoms with Crippen molar-refractivity contribution in [2.75, 3.05) is 4.90 Å². The number of anilines is 1. The zero-order valence-electron chi connectivity index (χ0n) is 16.4. The maximum absolute atomic E-state index is 12.5. The van der Waals surface area contributed by atoms with E-state index in [-0.39, 0.29) is 5.91 Å². The summed E-state index contributed by atoms with van der Waals surface area (Å²) in [6.45, 7) is 6.00. The Morgan fingerprint density at radius 2 is 1.69 bits per heavy atom. The van der Waals surface area contributed by atoms with E-state index in [4.69, 9.17) is 11.6 Å². The molecule has 0 bridgehead atoms. The first kappa shape index (κ1) is 19.2. The molecule has 0 unspecified atom stereocenters. The Bertz CT molecular complexity index is 1080. The number of aryl methyl sites for hydroxylation is 2. The van der Waals surface area contributed by atoms with Gasteiger partial charge in [-0.05, 0) is 60.4 Å². The third-order valence-corrected chi connectivity index (χ3v) is 5.63. The minimum absolute atomic E-state index is 0.251. The van der Waals surface area contributed by atoms with E-state index in [0.717, 1.165) is 24.3 Å². The Morgan fingerprint density at radius 3 is 2.38 bits per heavy atom. The number of benzene rings is 3. The van der Waals surface area contributed by atoms with E-state index >= 15 is 0 Å². The third-order valence-electron chi connectivity index (χ3n) is 5.29. The van der Waals surface area contributed by atoms with Crippen LogP contribution < -0.4 is 10.3 Å². The van der Waals surface area contributed by atoms with E-state index in [9.17, 15) is 4.79 Å². The predicted molar refractivity (Wildman–Crippen MR) is 119 cm³/mol. The average Bonchev–Trinajstić information content (AvgIpc) is 3.12. The Labute approximate surface area is 175 Å². The highest BCUT2D eigenvalue weighted by Crippen LogP contribution is 2.30. The average molecular weight is 404 g/mol. The predicted octanol–water partition coefficient (Wildman–Crippen LogP) is 5.24. The lowest BCUT2D eigenvalue weighted by Gasteiger charge is -2.18. The van der Waals surface area contributed by atoms with Gasteiger partial charge in [-0.2, -0.15) is 5.10 Å². The van der Waals surface area contributed by atoms with Gasteiger partial charge >= 0.3 is 0 Å². The summed E-state index contributed by atoms with van der Waals surface area (Å²) in [7, 11) is 0. The minimum atomic E-state index is -0.251. The van der Waals surface area contributed by atoms with Gasteiger partial charge in [0.1, 0.15) is 0 Å². The molecular weight excluding hydrogens is 382 g/mol. The molecule has 0 spiro atoms. The standard InChI is InChI=1S/C24H22ClN3O/c1-16-10-20-14-28(15-21(20)11-17(16)2)22-8-5-7-18(12-22)24(29)27-26-13-19-6-3-4-9-23(19)25/h3-13H,14-15H2,1-2H3,(H,27,29)/b26-13-. The molecule has 3 aromatic carbocycles. The molecule has 0 saturated carbocycles. The van der Waals surface area contributed by atoms with Gasteiger partial charge in [0.15, 0.2) is 0 Å². The number of fused-ring (bicyclic) bond motifs is 1. The molecule has 0 saturated heterocycles. The molecule has 1 aliphatic heterocycles. The van der Waals surface area contributed by atoms with Gasteiger partial charge in [-0.3, -0.25) is 4.79 Å². The van der Waals surface area contributed by atoms with Crippen molar-refractivity contribution in [1.29, 1.82) is 0 Å². The van der Waals surface area contributed by atoms with Crippen molar-refractivity contribution in [2.24, 2.45) is 5.10 Å². The van der Waals surface area contributed by atoms with Crippen LogP contribution in [0.3, 0.4) is 0 Å². The molecule has 1 amide bonds. The lowest BCUT2D eigenvalue weighted by atomic mass is 10.0. The van der Waals surface area contributed by atoms with Crippen LogP contribution in [-0.2, 0) is 13.1 Å². The van der Waals surface area contributed by atoms with E-state index in [0.29, 0.717) is 10.6 Å². The first-order valence-electron chi connectivity index (χ1n) is 9.53. The van der Waals surface area contributed by atoms with Crippen LogP contribution in [0.4, 0.5) is 5.69 Å². The molecule has 0 aliphatic carbocycles. The number of carbonyl (C=O) groups excluding carboxylic acids is 1. The molecule has 0 atom stereocenters. The van der Waals surface area contributed by atoms with Crippen molar-refractivity contribution < 1.29 is 4.79 Å². The van der Waals surface area contributed by atoms with E-state index in [1.807, 2.05) is 36.4 Å². The molecule has 4 rings (SSSR count). The Morgan fingerprint density at radius 1 is 1.00 bits per heavy atom.